The number of ether oxygens (including phenoxy) is 2. The van der Waals surface area contributed by atoms with Gasteiger partial charge in [0.05, 0.1) is 30.0 Å². The van der Waals surface area contributed by atoms with Crippen molar-refractivity contribution in [3.05, 3.63) is 74.5 Å². The smallest absolute Gasteiger partial charge is 0.311 e. The lowest BCUT2D eigenvalue weighted by molar-refractivity contribution is -0.142. The molecule has 0 aliphatic rings. The molecular formula is C21H18Cl2FN3O3S. The summed E-state index contributed by atoms with van der Waals surface area (Å²) >= 11 is 13.4. The van der Waals surface area contributed by atoms with E-state index < -0.39 is 5.82 Å². The van der Waals surface area contributed by atoms with E-state index in [1.807, 2.05) is 0 Å². The number of benzene rings is 2. The number of nitrogens with zero attached hydrogens (tertiary/aromatic N) is 2. The maximum absolute atomic E-state index is 14.0. The predicted octanol–water partition coefficient (Wildman–Crippen LogP) is 5.72. The number of hydrogen-bond acceptors (Lipinski definition) is 7. The van der Waals surface area contributed by atoms with Crippen molar-refractivity contribution in [1.82, 2.24) is 4.98 Å². The summed E-state index contributed by atoms with van der Waals surface area (Å²) in [6.45, 7) is 2.02. The van der Waals surface area contributed by atoms with Crippen LogP contribution in [-0.2, 0) is 22.6 Å². The van der Waals surface area contributed by atoms with Gasteiger partial charge in [-0.15, -0.1) is 11.3 Å². The van der Waals surface area contributed by atoms with Crippen LogP contribution in [0.3, 0.4) is 0 Å². The van der Waals surface area contributed by atoms with E-state index in [0.29, 0.717) is 33.8 Å². The fraction of sp³-hybridized carbons (Fsp3) is 0.190. The number of halogens is 3. The molecule has 0 radical (unpaired) electrons. The zero-order valence-corrected chi connectivity index (χ0v) is 18.7. The molecule has 0 aliphatic heterocycles. The molecule has 0 spiro atoms. The number of thiazole rings is 1. The largest absolute Gasteiger partial charge is 0.488 e. The Morgan fingerprint density at radius 1 is 1.32 bits per heavy atom. The highest BCUT2D eigenvalue weighted by atomic mass is 35.5. The van der Waals surface area contributed by atoms with Gasteiger partial charge in [-0.25, -0.2) is 9.37 Å². The maximum atomic E-state index is 14.0. The van der Waals surface area contributed by atoms with Crippen LogP contribution in [0.1, 0.15) is 23.7 Å². The van der Waals surface area contributed by atoms with Gasteiger partial charge in [-0.3, -0.25) is 10.2 Å². The van der Waals surface area contributed by atoms with Crippen molar-refractivity contribution in [2.45, 2.75) is 20.0 Å². The van der Waals surface area contributed by atoms with Crippen LogP contribution in [0.5, 0.6) is 5.75 Å². The van der Waals surface area contributed by atoms with E-state index in [1.54, 1.807) is 36.6 Å². The van der Waals surface area contributed by atoms with Gasteiger partial charge in [0.2, 0.25) is 5.13 Å². The van der Waals surface area contributed by atoms with E-state index >= 15 is 0 Å². The quantitative estimate of drug-likeness (QED) is 0.240. The molecule has 3 rings (SSSR count). The Morgan fingerprint density at radius 2 is 2.16 bits per heavy atom. The van der Waals surface area contributed by atoms with Crippen LogP contribution in [-0.4, -0.2) is 23.8 Å². The SMILES string of the molecule is CCOC(=O)Cc1csc(NN=Cc2cc(Cl)ccc2OCc2c(F)cccc2Cl)n1. The Labute approximate surface area is 192 Å². The van der Waals surface area contributed by atoms with Gasteiger partial charge in [0.25, 0.3) is 0 Å². The van der Waals surface area contributed by atoms with E-state index in [9.17, 15) is 9.18 Å². The molecule has 3 aromatic rings. The van der Waals surface area contributed by atoms with Crippen molar-refractivity contribution >= 4 is 51.9 Å². The molecule has 1 heterocycles. The Hall–Kier alpha value is -2.68. The van der Waals surface area contributed by atoms with Crippen molar-refractivity contribution in [3.63, 3.8) is 0 Å². The Balaban J connectivity index is 1.66. The first-order valence-corrected chi connectivity index (χ1v) is 10.8. The van der Waals surface area contributed by atoms with Crippen molar-refractivity contribution in [2.24, 2.45) is 5.10 Å². The van der Waals surface area contributed by atoms with Gasteiger partial charge >= 0.3 is 5.97 Å². The van der Waals surface area contributed by atoms with E-state index in [1.165, 1.54) is 29.7 Å². The van der Waals surface area contributed by atoms with Crippen LogP contribution >= 0.6 is 34.5 Å². The Kier molecular flexibility index (Phi) is 8.22. The molecule has 10 heteroatoms. The average Bonchev–Trinajstić information content (AvgIpc) is 3.16. The fourth-order valence-electron chi connectivity index (χ4n) is 2.53. The number of aromatic nitrogens is 1. The number of anilines is 1. The van der Waals surface area contributed by atoms with Gasteiger partial charge in [-0.05, 0) is 37.3 Å². The Bertz CT molecular complexity index is 1070. The summed E-state index contributed by atoms with van der Waals surface area (Å²) in [6, 6.07) is 9.44. The molecule has 1 aromatic heterocycles. The third-order valence-electron chi connectivity index (χ3n) is 3.95. The first-order valence-electron chi connectivity index (χ1n) is 9.20. The third-order valence-corrected chi connectivity index (χ3v) is 5.34. The minimum Gasteiger partial charge on any atom is -0.488 e. The summed E-state index contributed by atoms with van der Waals surface area (Å²) in [5, 5.41) is 7.19. The van der Waals surface area contributed by atoms with Crippen LogP contribution in [0.4, 0.5) is 9.52 Å². The molecule has 2 aromatic carbocycles. The molecule has 0 unspecified atom stereocenters. The highest BCUT2D eigenvalue weighted by Crippen LogP contribution is 2.25. The molecule has 31 heavy (non-hydrogen) atoms. The lowest BCUT2D eigenvalue weighted by atomic mass is 10.2. The lowest BCUT2D eigenvalue weighted by Gasteiger charge is -2.11. The topological polar surface area (TPSA) is 72.8 Å². The Morgan fingerprint density at radius 3 is 2.94 bits per heavy atom. The highest BCUT2D eigenvalue weighted by Gasteiger charge is 2.10. The lowest BCUT2D eigenvalue weighted by Crippen LogP contribution is -2.07. The molecule has 0 saturated carbocycles. The number of esters is 1. The number of carbonyl (C=O) groups excluding carboxylic acids is 1. The van der Waals surface area contributed by atoms with Gasteiger partial charge in [0, 0.05) is 21.5 Å². The van der Waals surface area contributed by atoms with Crippen LogP contribution in [0.2, 0.25) is 10.0 Å². The van der Waals surface area contributed by atoms with Gasteiger partial charge < -0.3 is 9.47 Å². The molecule has 0 saturated heterocycles. The summed E-state index contributed by atoms with van der Waals surface area (Å²) in [5.41, 5.74) is 4.24. The van der Waals surface area contributed by atoms with Gasteiger partial charge in [-0.1, -0.05) is 29.3 Å². The average molecular weight is 482 g/mol. The van der Waals surface area contributed by atoms with Crippen molar-refractivity contribution < 1.29 is 18.7 Å². The summed E-state index contributed by atoms with van der Waals surface area (Å²) in [6.07, 6.45) is 1.61. The van der Waals surface area contributed by atoms with Crippen molar-refractivity contribution in [3.8, 4) is 5.75 Å². The molecule has 0 bridgehead atoms. The first-order chi connectivity index (χ1) is 15.0. The van der Waals surface area contributed by atoms with Crippen molar-refractivity contribution in [2.75, 3.05) is 12.0 Å². The van der Waals surface area contributed by atoms with Crippen molar-refractivity contribution in [1.29, 1.82) is 0 Å². The van der Waals surface area contributed by atoms with Crippen LogP contribution < -0.4 is 10.2 Å². The maximum Gasteiger partial charge on any atom is 0.311 e. The second-order valence-corrected chi connectivity index (χ2v) is 7.87. The normalized spacial score (nSPS) is 11.0. The third kappa shape index (κ3) is 6.65. The number of hydrogen-bond donors (Lipinski definition) is 1. The van der Waals surface area contributed by atoms with Crippen LogP contribution in [0, 0.1) is 5.82 Å². The molecule has 0 fully saturated rings. The predicted molar refractivity (Wildman–Crippen MR) is 121 cm³/mol. The molecular weight excluding hydrogens is 464 g/mol. The van der Waals surface area contributed by atoms with Gasteiger partial charge in [0.1, 0.15) is 18.2 Å². The molecule has 1 N–H and O–H groups in total. The highest BCUT2D eigenvalue weighted by molar-refractivity contribution is 7.13. The number of hydrazone groups is 1. The zero-order chi connectivity index (χ0) is 22.2. The van der Waals surface area contributed by atoms with E-state index in [4.69, 9.17) is 32.7 Å². The molecule has 0 atom stereocenters. The second-order valence-electron chi connectivity index (χ2n) is 6.17. The number of carbonyl (C=O) groups is 1. The monoisotopic (exact) mass is 481 g/mol. The van der Waals surface area contributed by atoms with E-state index in [0.717, 1.165) is 0 Å². The van der Waals surface area contributed by atoms with Gasteiger partial charge in [-0.2, -0.15) is 5.10 Å². The van der Waals surface area contributed by atoms with E-state index in [-0.39, 0.29) is 29.6 Å². The van der Waals surface area contributed by atoms with E-state index in [2.05, 4.69) is 15.5 Å². The van der Waals surface area contributed by atoms with Crippen LogP contribution in [0.15, 0.2) is 46.9 Å². The summed E-state index contributed by atoms with van der Waals surface area (Å²) in [5.74, 6) is -0.323. The van der Waals surface area contributed by atoms with Gasteiger partial charge in [0.15, 0.2) is 0 Å². The molecule has 162 valence electrons. The summed E-state index contributed by atoms with van der Waals surface area (Å²) in [4.78, 5) is 15.8. The zero-order valence-electron chi connectivity index (χ0n) is 16.4. The minimum absolute atomic E-state index is 0.0505. The number of rotatable bonds is 9. The molecule has 0 amide bonds. The summed E-state index contributed by atoms with van der Waals surface area (Å²) in [7, 11) is 0. The minimum atomic E-state index is -0.444. The standard InChI is InChI=1S/C21H18Cl2FN3O3S/c1-2-29-20(28)9-15-12-31-21(26-15)27-25-10-13-8-14(22)6-7-19(13)30-11-16-17(23)4-3-5-18(16)24/h3-8,10,12H,2,9,11H2,1H3,(H,26,27). The number of nitrogens with one attached hydrogen (secondary N) is 1. The van der Waals surface area contributed by atoms with Crippen LogP contribution in [0.25, 0.3) is 0 Å². The second kappa shape index (κ2) is 11.1. The summed E-state index contributed by atoms with van der Waals surface area (Å²) < 4.78 is 24.6. The molecule has 0 aliphatic carbocycles. The first kappa shape index (κ1) is 23.0. The molecule has 6 nitrogen and oxygen atoms in total. The fourth-order valence-corrected chi connectivity index (χ4v) is 3.59.